The van der Waals surface area contributed by atoms with Crippen LogP contribution in [0.5, 0.6) is 0 Å². The molecule has 138 valence electrons. The molecule has 1 aliphatic heterocycles. The van der Waals surface area contributed by atoms with Gasteiger partial charge in [0.25, 0.3) is 0 Å². The second-order valence-corrected chi connectivity index (χ2v) is 6.44. The van der Waals surface area contributed by atoms with Crippen LogP contribution >= 0.6 is 0 Å². The van der Waals surface area contributed by atoms with Gasteiger partial charge in [0.1, 0.15) is 5.82 Å². The normalized spacial score (nSPS) is 16.9. The lowest BCUT2D eigenvalue weighted by Crippen LogP contribution is -2.41. The Bertz CT molecular complexity index is 909. The average molecular weight is 364 g/mol. The molecule has 0 radical (unpaired) electrons. The molecule has 1 fully saturated rings. The lowest BCUT2D eigenvalue weighted by atomic mass is 9.97. The summed E-state index contributed by atoms with van der Waals surface area (Å²) in [7, 11) is 0. The van der Waals surface area contributed by atoms with Gasteiger partial charge >= 0.3 is 0 Å². The highest BCUT2D eigenvalue weighted by atomic mass is 16.2. The minimum absolute atomic E-state index is 0.0653. The smallest absolute Gasteiger partial charge is 0.231 e. The molecular weight excluding hydrogens is 344 g/mol. The van der Waals surface area contributed by atoms with Gasteiger partial charge in [-0.15, -0.1) is 10.2 Å². The first kappa shape index (κ1) is 17.1. The molecule has 9 heteroatoms. The Hall–Kier alpha value is -3.36. The van der Waals surface area contributed by atoms with Crippen LogP contribution in [-0.2, 0) is 4.79 Å². The van der Waals surface area contributed by atoms with E-state index in [4.69, 9.17) is 0 Å². The van der Waals surface area contributed by atoms with Crippen molar-refractivity contribution in [3.63, 3.8) is 0 Å². The molecule has 4 rings (SSSR count). The summed E-state index contributed by atoms with van der Waals surface area (Å²) in [5, 5.41) is 11.4. The Morgan fingerprint density at radius 2 is 1.89 bits per heavy atom. The molecule has 1 unspecified atom stereocenters. The van der Waals surface area contributed by atoms with Crippen molar-refractivity contribution in [3.05, 3.63) is 48.8 Å². The molecule has 0 aliphatic carbocycles. The maximum absolute atomic E-state index is 12.5. The molecule has 1 N–H and O–H groups in total. The molecule has 0 aromatic carbocycles. The summed E-state index contributed by atoms with van der Waals surface area (Å²) in [6.07, 6.45) is 8.54. The van der Waals surface area contributed by atoms with E-state index in [9.17, 15) is 4.79 Å². The Kier molecular flexibility index (Phi) is 4.73. The molecule has 1 saturated heterocycles. The molecule has 3 aromatic heterocycles. The highest BCUT2D eigenvalue weighted by molar-refractivity contribution is 5.91. The van der Waals surface area contributed by atoms with Gasteiger partial charge in [-0.3, -0.25) is 14.7 Å². The van der Waals surface area contributed by atoms with Crippen molar-refractivity contribution in [2.24, 2.45) is 5.92 Å². The number of hydrogen-bond acceptors (Lipinski definition) is 7. The monoisotopic (exact) mass is 364 g/mol. The van der Waals surface area contributed by atoms with Gasteiger partial charge in [0, 0.05) is 37.9 Å². The van der Waals surface area contributed by atoms with Crippen LogP contribution in [0.3, 0.4) is 0 Å². The van der Waals surface area contributed by atoms with Crippen LogP contribution in [0.25, 0.3) is 5.82 Å². The topological polar surface area (TPSA) is 102 Å². The van der Waals surface area contributed by atoms with E-state index < -0.39 is 0 Å². The van der Waals surface area contributed by atoms with E-state index in [0.717, 1.165) is 36.8 Å². The molecule has 27 heavy (non-hydrogen) atoms. The zero-order valence-corrected chi connectivity index (χ0v) is 15.0. The number of imidazole rings is 1. The van der Waals surface area contributed by atoms with Crippen LogP contribution in [0, 0.1) is 12.8 Å². The maximum Gasteiger partial charge on any atom is 0.231 e. The SMILES string of the molecule is Cc1nccn1-c1ccc(N2CCCC(C(=O)Nc3ncccn3)C2)nn1. The highest BCUT2D eigenvalue weighted by Crippen LogP contribution is 2.22. The summed E-state index contributed by atoms with van der Waals surface area (Å²) >= 11 is 0. The van der Waals surface area contributed by atoms with Gasteiger partial charge in [0.05, 0.1) is 5.92 Å². The zero-order valence-electron chi connectivity index (χ0n) is 15.0. The van der Waals surface area contributed by atoms with Crippen molar-refractivity contribution in [2.75, 3.05) is 23.3 Å². The van der Waals surface area contributed by atoms with Crippen molar-refractivity contribution in [2.45, 2.75) is 19.8 Å². The first-order chi connectivity index (χ1) is 13.2. The number of hydrogen-bond donors (Lipinski definition) is 1. The predicted octanol–water partition coefficient (Wildman–Crippen LogP) is 1.62. The molecule has 0 bridgehead atoms. The van der Waals surface area contributed by atoms with Crippen molar-refractivity contribution in [1.82, 2.24) is 29.7 Å². The van der Waals surface area contributed by atoms with Gasteiger partial charge in [-0.2, -0.15) is 0 Å². The lowest BCUT2D eigenvalue weighted by molar-refractivity contribution is -0.120. The number of aryl methyl sites for hydroxylation is 1. The predicted molar refractivity (Wildman–Crippen MR) is 99.5 cm³/mol. The number of amides is 1. The van der Waals surface area contributed by atoms with Gasteiger partial charge in [0.2, 0.25) is 11.9 Å². The summed E-state index contributed by atoms with van der Waals surface area (Å²) in [6.45, 7) is 3.36. The minimum atomic E-state index is -0.139. The van der Waals surface area contributed by atoms with E-state index in [2.05, 4.69) is 35.4 Å². The third-order valence-corrected chi connectivity index (χ3v) is 4.63. The van der Waals surface area contributed by atoms with Crippen LogP contribution in [0.2, 0.25) is 0 Å². The summed E-state index contributed by atoms with van der Waals surface area (Å²) < 4.78 is 1.88. The number of nitrogens with one attached hydrogen (secondary N) is 1. The van der Waals surface area contributed by atoms with E-state index in [1.165, 1.54) is 0 Å². The molecule has 1 aliphatic rings. The molecule has 4 heterocycles. The molecule has 1 amide bonds. The fraction of sp³-hybridized carbons (Fsp3) is 0.333. The van der Waals surface area contributed by atoms with Gasteiger partial charge in [-0.1, -0.05) is 0 Å². The number of carbonyl (C=O) groups excluding carboxylic acids is 1. The molecular formula is C18H20N8O. The fourth-order valence-electron chi connectivity index (χ4n) is 3.21. The Labute approximate surface area is 156 Å². The number of nitrogens with zero attached hydrogens (tertiary/aromatic N) is 7. The molecule has 0 spiro atoms. The van der Waals surface area contributed by atoms with Gasteiger partial charge in [0.15, 0.2) is 11.6 Å². The van der Waals surface area contributed by atoms with Gasteiger partial charge in [-0.05, 0) is 38.0 Å². The van der Waals surface area contributed by atoms with E-state index >= 15 is 0 Å². The summed E-state index contributed by atoms with van der Waals surface area (Å²) in [6, 6.07) is 5.56. The second kappa shape index (κ2) is 7.48. The maximum atomic E-state index is 12.5. The van der Waals surface area contributed by atoms with E-state index in [-0.39, 0.29) is 11.8 Å². The summed E-state index contributed by atoms with van der Waals surface area (Å²) in [4.78, 5) is 26.9. The third kappa shape index (κ3) is 3.76. The fourth-order valence-corrected chi connectivity index (χ4v) is 3.21. The Morgan fingerprint density at radius 3 is 2.59 bits per heavy atom. The highest BCUT2D eigenvalue weighted by Gasteiger charge is 2.27. The average Bonchev–Trinajstić information content (AvgIpc) is 3.15. The molecule has 9 nitrogen and oxygen atoms in total. The van der Waals surface area contributed by atoms with E-state index in [1.54, 1.807) is 24.7 Å². The zero-order chi connectivity index (χ0) is 18.6. The van der Waals surface area contributed by atoms with Crippen LogP contribution in [0.1, 0.15) is 18.7 Å². The van der Waals surface area contributed by atoms with Crippen molar-refractivity contribution >= 4 is 17.7 Å². The lowest BCUT2D eigenvalue weighted by Gasteiger charge is -2.32. The second-order valence-electron chi connectivity index (χ2n) is 6.44. The largest absolute Gasteiger partial charge is 0.354 e. The van der Waals surface area contributed by atoms with Crippen molar-refractivity contribution in [3.8, 4) is 5.82 Å². The molecule has 0 saturated carbocycles. The van der Waals surface area contributed by atoms with Crippen LogP contribution in [0.15, 0.2) is 43.0 Å². The molecule has 1 atom stereocenters. The van der Waals surface area contributed by atoms with Crippen molar-refractivity contribution in [1.29, 1.82) is 0 Å². The number of piperidine rings is 1. The Balaban J connectivity index is 1.43. The third-order valence-electron chi connectivity index (χ3n) is 4.63. The number of anilines is 2. The van der Waals surface area contributed by atoms with E-state index in [1.807, 2.05) is 29.8 Å². The number of carbonyl (C=O) groups is 1. The van der Waals surface area contributed by atoms with Crippen molar-refractivity contribution < 1.29 is 4.79 Å². The Morgan fingerprint density at radius 1 is 1.11 bits per heavy atom. The van der Waals surface area contributed by atoms with Crippen LogP contribution in [0.4, 0.5) is 11.8 Å². The van der Waals surface area contributed by atoms with Crippen LogP contribution in [-0.4, -0.2) is 48.7 Å². The molecule has 3 aromatic rings. The first-order valence-corrected chi connectivity index (χ1v) is 8.87. The quantitative estimate of drug-likeness (QED) is 0.750. The number of rotatable bonds is 4. The standard InChI is InChI=1S/C18H20N8O/c1-13-19-9-11-26(13)16-6-5-15(23-24-16)25-10-2-4-14(12-25)17(27)22-18-20-7-3-8-21-18/h3,5-9,11,14H,2,4,10,12H2,1H3,(H,20,21,22,27). The first-order valence-electron chi connectivity index (χ1n) is 8.87. The summed E-state index contributed by atoms with van der Waals surface area (Å²) in [5.41, 5.74) is 0. The minimum Gasteiger partial charge on any atom is -0.354 e. The van der Waals surface area contributed by atoms with E-state index in [0.29, 0.717) is 12.5 Å². The number of aromatic nitrogens is 6. The summed E-state index contributed by atoms with van der Waals surface area (Å²) in [5.74, 6) is 2.48. The van der Waals surface area contributed by atoms with Gasteiger partial charge < -0.3 is 4.90 Å². The van der Waals surface area contributed by atoms with Crippen LogP contribution < -0.4 is 10.2 Å². The van der Waals surface area contributed by atoms with Gasteiger partial charge in [-0.25, -0.2) is 15.0 Å².